The van der Waals surface area contributed by atoms with Gasteiger partial charge in [-0.1, -0.05) is 11.6 Å². The average molecular weight is 251 g/mol. The van der Waals surface area contributed by atoms with Crippen molar-refractivity contribution in [3.8, 4) is 0 Å². The highest BCUT2D eigenvalue weighted by Gasteiger charge is 2.34. The Labute approximate surface area is 93.7 Å². The number of rotatable bonds is 0. The minimum Gasteiger partial charge on any atom is -0.358 e. The highest BCUT2D eigenvalue weighted by molar-refractivity contribution is 6.32. The molecule has 3 nitrogen and oxygen atoms in total. The van der Waals surface area contributed by atoms with E-state index >= 15 is 0 Å². The summed E-state index contributed by atoms with van der Waals surface area (Å²) in [5.41, 5.74) is -0.633. The van der Waals surface area contributed by atoms with Gasteiger partial charge in [-0.3, -0.25) is 5.21 Å². The zero-order valence-electron chi connectivity index (χ0n) is 7.72. The normalized spacial score (nSPS) is 14.7. The maximum Gasteiger partial charge on any atom is 0.417 e. The largest absolute Gasteiger partial charge is 0.417 e. The topological polar surface area (TPSA) is 35.5 Å². The molecule has 0 saturated carbocycles. The predicted molar refractivity (Wildman–Crippen MR) is 53.5 cm³/mol. The molecule has 0 atom stereocenters. The molecule has 0 saturated heterocycles. The Kier molecular flexibility index (Phi) is 2.47. The van der Waals surface area contributed by atoms with Crippen LogP contribution in [0.2, 0.25) is 5.02 Å². The molecule has 1 aliphatic heterocycles. The molecule has 1 heterocycles. The van der Waals surface area contributed by atoms with E-state index in [0.717, 1.165) is 12.1 Å². The van der Waals surface area contributed by atoms with Crippen molar-refractivity contribution >= 4 is 23.0 Å². The summed E-state index contributed by atoms with van der Waals surface area (Å²) in [6.07, 6.45) is -1.95. The van der Waals surface area contributed by atoms with E-state index in [1.807, 2.05) is 0 Å². The molecule has 0 fully saturated rings. The van der Waals surface area contributed by atoms with Crippen LogP contribution in [0.15, 0.2) is 24.5 Å². The molecular formula is C9H6ClF3N2O. The van der Waals surface area contributed by atoms with Gasteiger partial charge in [0.15, 0.2) is 0 Å². The van der Waals surface area contributed by atoms with Crippen LogP contribution < -0.4 is 10.4 Å². The van der Waals surface area contributed by atoms with Crippen LogP contribution in [-0.2, 0) is 6.18 Å². The Morgan fingerprint density at radius 2 is 2.00 bits per heavy atom. The molecule has 0 aromatic heterocycles. The summed E-state index contributed by atoms with van der Waals surface area (Å²) in [5, 5.41) is 12.2. The molecule has 86 valence electrons. The van der Waals surface area contributed by atoms with Gasteiger partial charge in [0, 0.05) is 12.4 Å². The maximum atomic E-state index is 12.5. The summed E-state index contributed by atoms with van der Waals surface area (Å²) in [6, 6.07) is 1.90. The van der Waals surface area contributed by atoms with Gasteiger partial charge in [0.25, 0.3) is 0 Å². The Morgan fingerprint density at radius 1 is 1.31 bits per heavy atom. The predicted octanol–water partition coefficient (Wildman–Crippen LogP) is 3.45. The summed E-state index contributed by atoms with van der Waals surface area (Å²) in [6.45, 7) is 0. The fraction of sp³-hybridized carbons (Fsp3) is 0.111. The lowest BCUT2D eigenvalue weighted by molar-refractivity contribution is -0.137. The van der Waals surface area contributed by atoms with E-state index in [9.17, 15) is 18.4 Å². The minimum atomic E-state index is -4.52. The fourth-order valence-electron chi connectivity index (χ4n) is 1.36. The molecule has 1 aromatic rings. The first kappa shape index (κ1) is 11.1. The Hall–Kier alpha value is -1.40. The number of alkyl halides is 3. The molecule has 0 bridgehead atoms. The highest BCUT2D eigenvalue weighted by atomic mass is 35.5. The van der Waals surface area contributed by atoms with Crippen molar-refractivity contribution < 1.29 is 18.4 Å². The van der Waals surface area contributed by atoms with Crippen molar-refractivity contribution in [2.45, 2.75) is 6.18 Å². The van der Waals surface area contributed by atoms with E-state index in [2.05, 4.69) is 5.32 Å². The van der Waals surface area contributed by atoms with Crippen molar-refractivity contribution in [3.63, 3.8) is 0 Å². The third kappa shape index (κ3) is 1.81. The second-order valence-electron chi connectivity index (χ2n) is 3.15. The van der Waals surface area contributed by atoms with Crippen LogP contribution in [0.1, 0.15) is 5.56 Å². The van der Waals surface area contributed by atoms with Gasteiger partial charge < -0.3 is 5.32 Å². The summed E-state index contributed by atoms with van der Waals surface area (Å²) >= 11 is 5.50. The molecule has 1 aromatic carbocycles. The van der Waals surface area contributed by atoms with Crippen LogP contribution in [0.3, 0.4) is 0 Å². The standard InChI is InChI=1S/C9H6ClF3N2O/c10-6-4-8-7(14-1-2-15(8)16)3-5(6)9(11,12)13/h1-4,14,16H. The highest BCUT2D eigenvalue weighted by Crippen LogP contribution is 2.41. The minimum absolute atomic E-state index is 0.140. The Bertz CT molecular complexity index is 459. The fourth-order valence-corrected chi connectivity index (χ4v) is 1.63. The molecule has 0 radical (unpaired) electrons. The monoisotopic (exact) mass is 250 g/mol. The lowest BCUT2D eigenvalue weighted by Gasteiger charge is -2.22. The number of benzene rings is 1. The van der Waals surface area contributed by atoms with Crippen molar-refractivity contribution in [1.29, 1.82) is 0 Å². The lowest BCUT2D eigenvalue weighted by atomic mass is 10.1. The van der Waals surface area contributed by atoms with E-state index < -0.39 is 16.8 Å². The molecule has 0 amide bonds. The Morgan fingerprint density at radius 3 is 2.62 bits per heavy atom. The van der Waals surface area contributed by atoms with Crippen LogP contribution in [0.4, 0.5) is 24.5 Å². The number of fused-ring (bicyclic) bond motifs is 1. The van der Waals surface area contributed by atoms with Gasteiger partial charge in [0.2, 0.25) is 0 Å². The SMILES string of the molecule is ON1C=CNc2cc(C(F)(F)F)c(Cl)cc21. The Balaban J connectivity index is 2.56. The summed E-state index contributed by atoms with van der Waals surface area (Å²) in [7, 11) is 0. The van der Waals surface area contributed by atoms with Crippen molar-refractivity contribution in [2.24, 2.45) is 0 Å². The molecule has 0 aliphatic carbocycles. The van der Waals surface area contributed by atoms with Crippen LogP contribution in [-0.4, -0.2) is 5.21 Å². The second-order valence-corrected chi connectivity index (χ2v) is 3.56. The number of halogens is 4. The number of anilines is 2. The van der Waals surface area contributed by atoms with Gasteiger partial charge in [0.05, 0.1) is 22.0 Å². The van der Waals surface area contributed by atoms with Crippen LogP contribution in [0.25, 0.3) is 0 Å². The maximum absolute atomic E-state index is 12.5. The van der Waals surface area contributed by atoms with Crippen molar-refractivity contribution in [1.82, 2.24) is 0 Å². The first-order valence-corrected chi connectivity index (χ1v) is 4.59. The van der Waals surface area contributed by atoms with Crippen LogP contribution in [0.5, 0.6) is 0 Å². The van der Waals surface area contributed by atoms with E-state index in [4.69, 9.17) is 11.6 Å². The summed E-state index contributed by atoms with van der Waals surface area (Å²) in [5.74, 6) is 0. The smallest absolute Gasteiger partial charge is 0.358 e. The van der Waals surface area contributed by atoms with Gasteiger partial charge >= 0.3 is 6.18 Å². The van der Waals surface area contributed by atoms with E-state index in [-0.39, 0.29) is 11.4 Å². The first-order chi connectivity index (χ1) is 7.39. The summed E-state index contributed by atoms with van der Waals surface area (Å²) < 4.78 is 37.5. The van der Waals surface area contributed by atoms with Gasteiger partial charge in [-0.25, -0.2) is 5.06 Å². The molecule has 0 spiro atoms. The van der Waals surface area contributed by atoms with Crippen molar-refractivity contribution in [3.05, 3.63) is 35.1 Å². The third-order valence-electron chi connectivity index (χ3n) is 2.09. The van der Waals surface area contributed by atoms with Gasteiger partial charge in [0.1, 0.15) is 0 Å². The molecular weight excluding hydrogens is 245 g/mol. The lowest BCUT2D eigenvalue weighted by Crippen LogP contribution is -2.17. The molecule has 2 N–H and O–H groups in total. The average Bonchev–Trinajstić information content (AvgIpc) is 2.17. The van der Waals surface area contributed by atoms with E-state index in [0.29, 0.717) is 5.06 Å². The van der Waals surface area contributed by atoms with Crippen LogP contribution in [0, 0.1) is 0 Å². The molecule has 7 heteroatoms. The zero-order chi connectivity index (χ0) is 11.9. The van der Waals surface area contributed by atoms with Crippen molar-refractivity contribution in [2.75, 3.05) is 10.4 Å². The number of hydroxylamine groups is 1. The third-order valence-corrected chi connectivity index (χ3v) is 2.40. The molecule has 0 unspecified atom stereocenters. The van der Waals surface area contributed by atoms with E-state index in [1.165, 1.54) is 12.4 Å². The molecule has 2 rings (SSSR count). The van der Waals surface area contributed by atoms with E-state index in [1.54, 1.807) is 0 Å². The van der Waals surface area contributed by atoms with Crippen LogP contribution >= 0.6 is 11.6 Å². The quantitative estimate of drug-likeness (QED) is 0.740. The zero-order valence-corrected chi connectivity index (χ0v) is 8.47. The number of nitrogens with zero attached hydrogens (tertiary/aromatic N) is 1. The number of hydrogen-bond acceptors (Lipinski definition) is 3. The first-order valence-electron chi connectivity index (χ1n) is 4.21. The van der Waals surface area contributed by atoms with Gasteiger partial charge in [-0.2, -0.15) is 13.2 Å². The van der Waals surface area contributed by atoms with Gasteiger partial charge in [-0.05, 0) is 12.1 Å². The number of nitrogens with one attached hydrogen (secondary N) is 1. The number of hydrogen-bond donors (Lipinski definition) is 2. The second kappa shape index (κ2) is 3.57. The molecule has 16 heavy (non-hydrogen) atoms. The van der Waals surface area contributed by atoms with Gasteiger partial charge in [-0.15, -0.1) is 0 Å². The summed E-state index contributed by atoms with van der Waals surface area (Å²) in [4.78, 5) is 0. The molecule has 1 aliphatic rings.